The van der Waals surface area contributed by atoms with Crippen LogP contribution in [0.2, 0.25) is 0 Å². The van der Waals surface area contributed by atoms with E-state index in [1.165, 1.54) is 42.7 Å². The van der Waals surface area contributed by atoms with Gasteiger partial charge in [-0.15, -0.1) is 11.3 Å². The van der Waals surface area contributed by atoms with Crippen LogP contribution in [-0.2, 0) is 4.74 Å². The second-order valence-electron chi connectivity index (χ2n) is 5.32. The minimum Gasteiger partial charge on any atom is -0.465 e. The Hall–Kier alpha value is -3.24. The normalized spacial score (nSPS) is 11.2. The summed E-state index contributed by atoms with van der Waals surface area (Å²) in [5, 5.41) is 11.7. The molecule has 26 heavy (non-hydrogen) atoms. The number of nitrogens with zero attached hydrogens (tertiary/aromatic N) is 2. The molecule has 0 aliphatic heterocycles. The molecular weight excluding hydrogens is 355 g/mol. The highest BCUT2D eigenvalue weighted by atomic mass is 32.1. The van der Waals surface area contributed by atoms with Gasteiger partial charge in [-0.2, -0.15) is 5.26 Å². The lowest BCUT2D eigenvalue weighted by Gasteiger charge is -1.96. The predicted octanol–water partition coefficient (Wildman–Crippen LogP) is 4.70. The first kappa shape index (κ1) is 17.6. The van der Waals surface area contributed by atoms with E-state index in [4.69, 9.17) is 4.42 Å². The van der Waals surface area contributed by atoms with E-state index in [2.05, 4.69) is 15.8 Å². The third-order valence-corrected chi connectivity index (χ3v) is 4.50. The minimum absolute atomic E-state index is 0.300. The van der Waals surface area contributed by atoms with Gasteiger partial charge in [0.2, 0.25) is 0 Å². The van der Waals surface area contributed by atoms with Gasteiger partial charge in [-0.25, -0.2) is 14.2 Å². The zero-order chi connectivity index (χ0) is 18.7. The van der Waals surface area contributed by atoms with Gasteiger partial charge < -0.3 is 9.15 Å². The summed E-state index contributed by atoms with van der Waals surface area (Å²) >= 11 is 1.29. The predicted molar refractivity (Wildman–Crippen MR) is 95.8 cm³/mol. The van der Waals surface area contributed by atoms with E-state index < -0.39 is 5.97 Å². The molecule has 2 aromatic heterocycles. The Balaban J connectivity index is 1.92. The summed E-state index contributed by atoms with van der Waals surface area (Å²) in [6, 6.07) is 9.57. The Labute approximate surface area is 153 Å². The molecule has 0 amide bonds. The molecule has 0 aliphatic carbocycles. The summed E-state index contributed by atoms with van der Waals surface area (Å²) in [5.41, 5.74) is 2.01. The molecule has 0 fully saturated rings. The van der Waals surface area contributed by atoms with Crippen molar-refractivity contribution in [2.24, 2.45) is 0 Å². The molecule has 3 rings (SSSR count). The topological polar surface area (TPSA) is 76.1 Å². The van der Waals surface area contributed by atoms with Crippen molar-refractivity contribution in [3.63, 3.8) is 0 Å². The van der Waals surface area contributed by atoms with E-state index in [1.54, 1.807) is 24.4 Å². The Bertz CT molecular complexity index is 1030. The molecule has 0 saturated carbocycles. The number of aromatic nitrogens is 1. The highest BCUT2D eigenvalue weighted by molar-refractivity contribution is 7.11. The van der Waals surface area contributed by atoms with Crippen LogP contribution in [0.4, 0.5) is 4.39 Å². The maximum absolute atomic E-state index is 13.0. The van der Waals surface area contributed by atoms with Crippen LogP contribution in [0.5, 0.6) is 0 Å². The SMILES string of the molecule is COC(=O)c1cc(/C=C(\C#N)c2nc(-c3ccc(F)cc3)cs2)oc1C. The van der Waals surface area contributed by atoms with Crippen molar-refractivity contribution in [2.45, 2.75) is 6.92 Å². The quantitative estimate of drug-likeness (QED) is 0.493. The van der Waals surface area contributed by atoms with Crippen LogP contribution in [0.25, 0.3) is 22.9 Å². The van der Waals surface area contributed by atoms with Gasteiger partial charge >= 0.3 is 5.97 Å². The highest BCUT2D eigenvalue weighted by Gasteiger charge is 2.16. The monoisotopic (exact) mass is 368 g/mol. The first-order valence-corrected chi connectivity index (χ1v) is 8.42. The van der Waals surface area contributed by atoms with E-state index in [1.807, 2.05) is 0 Å². The number of methoxy groups -OCH3 is 1. The van der Waals surface area contributed by atoms with Crippen molar-refractivity contribution >= 4 is 29.0 Å². The summed E-state index contributed by atoms with van der Waals surface area (Å²) in [6.07, 6.45) is 1.52. The molecule has 0 saturated heterocycles. The zero-order valence-electron chi connectivity index (χ0n) is 13.9. The summed E-state index contributed by atoms with van der Waals surface area (Å²) in [6.45, 7) is 1.64. The molecule has 0 spiro atoms. The number of hydrogen-bond donors (Lipinski definition) is 0. The zero-order valence-corrected chi connectivity index (χ0v) is 14.8. The van der Waals surface area contributed by atoms with E-state index in [0.29, 0.717) is 33.4 Å². The Morgan fingerprint density at radius 2 is 2.12 bits per heavy atom. The third-order valence-electron chi connectivity index (χ3n) is 3.62. The number of rotatable bonds is 4. The first-order chi connectivity index (χ1) is 12.5. The molecule has 5 nitrogen and oxygen atoms in total. The Morgan fingerprint density at radius 1 is 1.38 bits per heavy atom. The van der Waals surface area contributed by atoms with Gasteiger partial charge in [0.25, 0.3) is 0 Å². The number of ether oxygens (including phenoxy) is 1. The molecule has 1 aromatic carbocycles. The number of benzene rings is 1. The number of carbonyl (C=O) groups excluding carboxylic acids is 1. The molecule has 0 aliphatic rings. The van der Waals surface area contributed by atoms with Gasteiger partial charge in [0.15, 0.2) is 0 Å². The van der Waals surface area contributed by atoms with Crippen molar-refractivity contribution in [3.8, 4) is 17.3 Å². The maximum atomic E-state index is 13.0. The fraction of sp³-hybridized carbons (Fsp3) is 0.105. The molecule has 2 heterocycles. The molecule has 0 N–H and O–H groups in total. The van der Waals surface area contributed by atoms with Crippen molar-refractivity contribution in [2.75, 3.05) is 7.11 Å². The molecular formula is C19H13FN2O3S. The fourth-order valence-corrected chi connectivity index (χ4v) is 3.12. The standard InChI is InChI=1S/C19H13FN2O3S/c1-11-16(19(23)24-2)8-15(25-11)7-13(9-21)18-22-17(10-26-18)12-3-5-14(20)6-4-12/h3-8,10H,1-2H3/b13-7+. The van der Waals surface area contributed by atoms with Crippen molar-refractivity contribution in [1.29, 1.82) is 5.26 Å². The summed E-state index contributed by atoms with van der Waals surface area (Å²) in [4.78, 5) is 16.1. The van der Waals surface area contributed by atoms with Gasteiger partial charge in [-0.05, 0) is 37.3 Å². The van der Waals surface area contributed by atoms with E-state index in [9.17, 15) is 14.4 Å². The van der Waals surface area contributed by atoms with Crippen molar-refractivity contribution in [1.82, 2.24) is 4.98 Å². The third kappa shape index (κ3) is 3.55. The van der Waals surface area contributed by atoms with E-state index in [-0.39, 0.29) is 5.82 Å². The van der Waals surface area contributed by atoms with Gasteiger partial charge in [-0.1, -0.05) is 0 Å². The van der Waals surface area contributed by atoms with Crippen molar-refractivity contribution in [3.05, 3.63) is 63.6 Å². The number of thiazole rings is 1. The average molecular weight is 368 g/mol. The molecule has 0 atom stereocenters. The van der Waals surface area contributed by atoms with Crippen LogP contribution in [0, 0.1) is 24.1 Å². The number of allylic oxidation sites excluding steroid dienone is 1. The highest BCUT2D eigenvalue weighted by Crippen LogP contribution is 2.28. The lowest BCUT2D eigenvalue weighted by Crippen LogP contribution is -2.00. The number of carbonyl (C=O) groups is 1. The number of esters is 1. The minimum atomic E-state index is -0.503. The van der Waals surface area contributed by atoms with Crippen LogP contribution in [0.3, 0.4) is 0 Å². The second kappa shape index (κ2) is 7.33. The first-order valence-electron chi connectivity index (χ1n) is 7.54. The maximum Gasteiger partial charge on any atom is 0.341 e. The van der Waals surface area contributed by atoms with Gasteiger partial charge in [0, 0.05) is 17.0 Å². The van der Waals surface area contributed by atoms with E-state index >= 15 is 0 Å². The average Bonchev–Trinajstić information content (AvgIpc) is 3.26. The molecule has 0 radical (unpaired) electrons. The smallest absolute Gasteiger partial charge is 0.341 e. The number of furan rings is 1. The fourth-order valence-electron chi connectivity index (χ4n) is 2.32. The van der Waals surface area contributed by atoms with Gasteiger partial charge in [0.1, 0.15) is 34.0 Å². The van der Waals surface area contributed by atoms with Gasteiger partial charge in [0.05, 0.1) is 18.4 Å². The van der Waals surface area contributed by atoms with Crippen molar-refractivity contribution < 1.29 is 18.3 Å². The Morgan fingerprint density at radius 3 is 2.77 bits per heavy atom. The second-order valence-corrected chi connectivity index (χ2v) is 6.18. The Kier molecular flexibility index (Phi) is 4.96. The van der Waals surface area contributed by atoms with Crippen LogP contribution >= 0.6 is 11.3 Å². The number of hydrogen-bond acceptors (Lipinski definition) is 6. The number of nitriles is 1. The van der Waals surface area contributed by atoms with Crippen LogP contribution in [0.1, 0.15) is 26.9 Å². The van der Waals surface area contributed by atoms with E-state index in [0.717, 1.165) is 5.56 Å². The largest absolute Gasteiger partial charge is 0.465 e. The summed E-state index contributed by atoms with van der Waals surface area (Å²) < 4.78 is 23.2. The van der Waals surface area contributed by atoms with Crippen LogP contribution < -0.4 is 0 Å². The van der Waals surface area contributed by atoms with Crippen LogP contribution in [0.15, 0.2) is 40.1 Å². The number of halogens is 1. The number of aryl methyl sites for hydroxylation is 1. The summed E-state index contributed by atoms with van der Waals surface area (Å²) in [5.74, 6) is -0.0572. The lowest BCUT2D eigenvalue weighted by molar-refractivity contribution is 0.0599. The molecule has 0 bridgehead atoms. The molecule has 7 heteroatoms. The summed E-state index contributed by atoms with van der Waals surface area (Å²) in [7, 11) is 1.29. The van der Waals surface area contributed by atoms with Crippen LogP contribution in [-0.4, -0.2) is 18.1 Å². The lowest BCUT2D eigenvalue weighted by atomic mass is 10.2. The van der Waals surface area contributed by atoms with Gasteiger partial charge in [-0.3, -0.25) is 0 Å². The molecule has 3 aromatic rings. The molecule has 130 valence electrons. The molecule has 0 unspecified atom stereocenters.